The first kappa shape index (κ1) is 33.1. The van der Waals surface area contributed by atoms with Crippen molar-refractivity contribution in [3.63, 3.8) is 0 Å². The number of hydrogen-bond donors (Lipinski definition) is 2. The van der Waals surface area contributed by atoms with Crippen LogP contribution in [0.25, 0.3) is 17.4 Å². The number of alkyl halides is 3. The molecule has 48 heavy (non-hydrogen) atoms. The van der Waals surface area contributed by atoms with Crippen molar-refractivity contribution >= 4 is 40.7 Å². The van der Waals surface area contributed by atoms with Crippen LogP contribution in [0.15, 0.2) is 120 Å². The lowest BCUT2D eigenvalue weighted by molar-refractivity contribution is -0.384. The third kappa shape index (κ3) is 8.29. The van der Waals surface area contributed by atoms with Crippen molar-refractivity contribution in [3.8, 4) is 11.3 Å². The normalized spacial score (nSPS) is 11.3. The van der Waals surface area contributed by atoms with Crippen molar-refractivity contribution in [3.05, 3.63) is 153 Å². The van der Waals surface area contributed by atoms with E-state index in [0.29, 0.717) is 22.6 Å². The second-order valence-corrected chi connectivity index (χ2v) is 10.5. The molecule has 1 aromatic heterocycles. The van der Waals surface area contributed by atoms with Crippen LogP contribution < -0.4 is 10.6 Å². The Labute approximate surface area is 271 Å². The van der Waals surface area contributed by atoms with Gasteiger partial charge in [0.1, 0.15) is 11.5 Å². The van der Waals surface area contributed by atoms with E-state index in [4.69, 9.17) is 4.42 Å². The minimum absolute atomic E-state index is 0.0241. The lowest BCUT2D eigenvalue weighted by Gasteiger charge is -2.14. The Morgan fingerprint density at radius 1 is 0.833 bits per heavy atom. The maximum atomic E-state index is 13.5. The van der Waals surface area contributed by atoms with Crippen LogP contribution in [0.4, 0.5) is 30.2 Å². The van der Waals surface area contributed by atoms with Gasteiger partial charge in [0, 0.05) is 47.0 Å². The Balaban J connectivity index is 1.29. The second-order valence-electron chi connectivity index (χ2n) is 10.5. The highest BCUT2D eigenvalue weighted by Gasteiger charge is 2.32. The summed E-state index contributed by atoms with van der Waals surface area (Å²) in [6, 6.07) is 26.6. The van der Waals surface area contributed by atoms with Gasteiger partial charge in [0.2, 0.25) is 11.8 Å². The topological polar surface area (TPSA) is 132 Å². The Kier molecular flexibility index (Phi) is 9.94. The number of halogens is 3. The van der Waals surface area contributed by atoms with Gasteiger partial charge in [-0.15, -0.1) is 0 Å². The summed E-state index contributed by atoms with van der Waals surface area (Å²) in [5.74, 6) is -0.818. The molecule has 0 fully saturated rings. The van der Waals surface area contributed by atoms with Crippen LogP contribution in [0.3, 0.4) is 0 Å². The van der Waals surface area contributed by atoms with Gasteiger partial charge >= 0.3 is 6.18 Å². The van der Waals surface area contributed by atoms with Gasteiger partial charge in [0.05, 0.1) is 16.2 Å². The highest BCUT2D eigenvalue weighted by Crippen LogP contribution is 2.32. The first-order valence-electron chi connectivity index (χ1n) is 14.5. The minimum atomic E-state index is -4.56. The fraction of sp³-hybridized carbons (Fsp3) is 0.0833. The maximum Gasteiger partial charge on any atom is 0.416 e. The number of ketones is 1. The molecule has 0 aliphatic rings. The lowest BCUT2D eigenvalue weighted by Crippen LogP contribution is -2.17. The van der Waals surface area contributed by atoms with Crippen LogP contribution in [-0.2, 0) is 22.2 Å². The molecule has 2 amide bonds. The highest BCUT2D eigenvalue weighted by atomic mass is 19.4. The Morgan fingerprint density at radius 3 is 2.25 bits per heavy atom. The SMILES string of the molecule is O=C(/C=C/c1ccc(-c2ccc([N+](=O)[O-])cc2)o1)Nc1ccc(NC(=O)CCc2ccccc2C(F)(F)F)c(C(=O)c2ccccc2)c1. The molecule has 4 aromatic carbocycles. The van der Waals surface area contributed by atoms with Crippen LogP contribution in [0.5, 0.6) is 0 Å². The summed E-state index contributed by atoms with van der Waals surface area (Å²) < 4.78 is 45.9. The van der Waals surface area contributed by atoms with Crippen LogP contribution in [0.1, 0.15) is 39.2 Å². The molecule has 0 bridgehead atoms. The molecule has 242 valence electrons. The molecule has 0 unspecified atom stereocenters. The third-order valence-electron chi connectivity index (χ3n) is 7.17. The van der Waals surface area contributed by atoms with Crippen molar-refractivity contribution < 1.29 is 36.9 Å². The van der Waals surface area contributed by atoms with Gasteiger partial charge < -0.3 is 15.1 Å². The van der Waals surface area contributed by atoms with E-state index in [0.717, 1.165) is 6.07 Å². The summed E-state index contributed by atoms with van der Waals surface area (Å²) in [6.07, 6.45) is -2.37. The molecule has 9 nitrogen and oxygen atoms in total. The maximum absolute atomic E-state index is 13.5. The molecular weight excluding hydrogens is 627 g/mol. The zero-order chi connectivity index (χ0) is 34.3. The zero-order valence-corrected chi connectivity index (χ0v) is 25.0. The van der Waals surface area contributed by atoms with Crippen LogP contribution in [-0.4, -0.2) is 22.5 Å². The van der Waals surface area contributed by atoms with E-state index in [-0.39, 0.29) is 41.0 Å². The summed E-state index contributed by atoms with van der Waals surface area (Å²) >= 11 is 0. The molecule has 0 aliphatic heterocycles. The number of nitrogens with one attached hydrogen (secondary N) is 2. The average molecular weight is 654 g/mol. The number of anilines is 2. The summed E-state index contributed by atoms with van der Waals surface area (Å²) in [5, 5.41) is 16.2. The first-order valence-corrected chi connectivity index (χ1v) is 14.5. The first-order chi connectivity index (χ1) is 23.0. The number of hydrogen-bond acceptors (Lipinski definition) is 6. The van der Waals surface area contributed by atoms with Crippen molar-refractivity contribution in [2.45, 2.75) is 19.0 Å². The van der Waals surface area contributed by atoms with Crippen molar-refractivity contribution in [1.29, 1.82) is 0 Å². The number of rotatable bonds is 11. The molecule has 0 saturated carbocycles. The molecule has 5 rings (SSSR count). The van der Waals surface area contributed by atoms with Gasteiger partial charge in [-0.3, -0.25) is 24.5 Å². The van der Waals surface area contributed by atoms with E-state index in [2.05, 4.69) is 10.6 Å². The van der Waals surface area contributed by atoms with E-state index in [9.17, 15) is 37.7 Å². The van der Waals surface area contributed by atoms with Crippen molar-refractivity contribution in [2.75, 3.05) is 10.6 Å². The summed E-state index contributed by atoms with van der Waals surface area (Å²) in [6.45, 7) is 0. The number of nitro groups is 1. The smallest absolute Gasteiger partial charge is 0.416 e. The van der Waals surface area contributed by atoms with Gasteiger partial charge in [0.15, 0.2) is 5.78 Å². The Hall–Kier alpha value is -6.30. The van der Waals surface area contributed by atoms with E-state index in [1.807, 2.05) is 0 Å². The van der Waals surface area contributed by atoms with Crippen molar-refractivity contribution in [1.82, 2.24) is 0 Å². The van der Waals surface area contributed by atoms with Gasteiger partial charge in [-0.1, -0.05) is 48.5 Å². The number of nitrogens with zero attached hydrogens (tertiary/aromatic N) is 1. The lowest BCUT2D eigenvalue weighted by atomic mass is 10.00. The predicted molar refractivity (Wildman–Crippen MR) is 173 cm³/mol. The number of furan rings is 1. The number of aryl methyl sites for hydroxylation is 1. The monoisotopic (exact) mass is 653 g/mol. The average Bonchev–Trinajstić information content (AvgIpc) is 3.56. The molecule has 0 saturated heterocycles. The largest absolute Gasteiger partial charge is 0.457 e. The van der Waals surface area contributed by atoms with Crippen LogP contribution >= 0.6 is 0 Å². The van der Waals surface area contributed by atoms with Gasteiger partial charge in [-0.25, -0.2) is 0 Å². The van der Waals surface area contributed by atoms with Crippen molar-refractivity contribution in [2.24, 2.45) is 0 Å². The molecule has 5 aromatic rings. The minimum Gasteiger partial charge on any atom is -0.457 e. The second kappa shape index (κ2) is 14.4. The predicted octanol–water partition coefficient (Wildman–Crippen LogP) is 8.33. The quantitative estimate of drug-likeness (QED) is 0.0638. The summed E-state index contributed by atoms with van der Waals surface area (Å²) in [5.41, 5.74) is 0.458. The Bertz CT molecular complexity index is 2000. The fourth-order valence-electron chi connectivity index (χ4n) is 4.83. The number of nitro benzene ring substituents is 1. The molecule has 12 heteroatoms. The van der Waals surface area contributed by atoms with E-state index >= 15 is 0 Å². The zero-order valence-electron chi connectivity index (χ0n) is 25.0. The molecule has 0 radical (unpaired) electrons. The third-order valence-corrected chi connectivity index (χ3v) is 7.17. The number of benzene rings is 4. The van der Waals surface area contributed by atoms with Gasteiger partial charge in [-0.2, -0.15) is 13.2 Å². The Morgan fingerprint density at radius 2 is 1.54 bits per heavy atom. The molecule has 2 N–H and O–H groups in total. The van der Waals surface area contributed by atoms with E-state index in [1.165, 1.54) is 60.7 Å². The van der Waals surface area contributed by atoms with E-state index in [1.54, 1.807) is 54.6 Å². The molecule has 0 atom stereocenters. The molecular formula is C36H26F3N3O6. The standard InChI is InChI=1S/C36H26F3N3O6/c37-36(38,39)30-9-5-4-6-23(30)12-20-34(44)41-31-18-13-26(22-29(31)35(45)25-7-2-1-3-8-25)40-33(43)21-17-28-16-19-32(48-28)24-10-14-27(15-11-24)42(46)47/h1-11,13-19,21-22H,12,20H2,(H,40,43)(H,41,44)/b21-17+. The molecule has 1 heterocycles. The number of carbonyl (C=O) groups excluding carboxylic acids is 3. The molecule has 0 spiro atoms. The van der Waals surface area contributed by atoms with Gasteiger partial charge in [-0.05, 0) is 66.6 Å². The van der Waals surface area contributed by atoms with Gasteiger partial charge in [0.25, 0.3) is 5.69 Å². The number of amides is 2. The number of non-ortho nitro benzene ring substituents is 1. The number of carbonyl (C=O) groups is 3. The van der Waals surface area contributed by atoms with Crippen LogP contribution in [0.2, 0.25) is 0 Å². The molecule has 0 aliphatic carbocycles. The van der Waals surface area contributed by atoms with Crippen LogP contribution in [0, 0.1) is 10.1 Å². The summed E-state index contributed by atoms with van der Waals surface area (Å²) in [7, 11) is 0. The van der Waals surface area contributed by atoms with E-state index < -0.39 is 34.3 Å². The highest BCUT2D eigenvalue weighted by molar-refractivity contribution is 6.15. The fourth-order valence-corrected chi connectivity index (χ4v) is 4.83. The summed E-state index contributed by atoms with van der Waals surface area (Å²) in [4.78, 5) is 49.4.